The highest BCUT2D eigenvalue weighted by Gasteiger charge is 2.17. The molecule has 1 aromatic rings. The molecule has 0 aromatic carbocycles. The van der Waals surface area contributed by atoms with Gasteiger partial charge in [0.2, 0.25) is 0 Å². The third kappa shape index (κ3) is 3.34. The summed E-state index contributed by atoms with van der Waals surface area (Å²) in [5.41, 5.74) is 1.05. The molecular weight excluding hydrogens is 222 g/mol. The fourth-order valence-electron chi connectivity index (χ4n) is 1.90. The van der Waals surface area contributed by atoms with Gasteiger partial charge in [-0.15, -0.1) is 0 Å². The van der Waals surface area contributed by atoms with Crippen molar-refractivity contribution in [3.8, 4) is 0 Å². The SMILES string of the molecule is CC(C)c1c(C(=O)O)ccn1CCCC(=O)O. The molecule has 0 radical (unpaired) electrons. The number of hydrogen-bond donors (Lipinski definition) is 2. The highest BCUT2D eigenvalue weighted by Crippen LogP contribution is 2.21. The van der Waals surface area contributed by atoms with Gasteiger partial charge in [-0.3, -0.25) is 4.79 Å². The van der Waals surface area contributed by atoms with Crippen LogP contribution in [0.3, 0.4) is 0 Å². The van der Waals surface area contributed by atoms with Gasteiger partial charge in [0.05, 0.1) is 5.56 Å². The minimum atomic E-state index is -0.939. The van der Waals surface area contributed by atoms with Crippen LogP contribution in [0.5, 0.6) is 0 Å². The molecule has 94 valence electrons. The van der Waals surface area contributed by atoms with Crippen LogP contribution in [-0.4, -0.2) is 26.7 Å². The second kappa shape index (κ2) is 5.52. The molecule has 5 nitrogen and oxygen atoms in total. The first-order chi connectivity index (χ1) is 7.93. The number of carboxylic acids is 2. The summed E-state index contributed by atoms with van der Waals surface area (Å²) in [6, 6.07) is 1.57. The molecule has 1 heterocycles. The number of hydrogen-bond acceptors (Lipinski definition) is 2. The van der Waals surface area contributed by atoms with Gasteiger partial charge in [0.1, 0.15) is 0 Å². The summed E-state index contributed by atoms with van der Waals surface area (Å²) in [6.07, 6.45) is 2.31. The van der Waals surface area contributed by atoms with Gasteiger partial charge in [-0.2, -0.15) is 0 Å². The van der Waals surface area contributed by atoms with Crippen LogP contribution in [0.2, 0.25) is 0 Å². The van der Waals surface area contributed by atoms with E-state index in [0.717, 1.165) is 5.69 Å². The first-order valence-electron chi connectivity index (χ1n) is 5.57. The van der Waals surface area contributed by atoms with Crippen LogP contribution in [0.4, 0.5) is 0 Å². The molecule has 17 heavy (non-hydrogen) atoms. The number of aryl methyl sites for hydroxylation is 1. The number of aromatic nitrogens is 1. The van der Waals surface area contributed by atoms with E-state index in [0.29, 0.717) is 18.5 Å². The molecule has 0 aliphatic carbocycles. The molecule has 0 saturated carbocycles. The molecule has 0 unspecified atom stereocenters. The third-order valence-corrected chi connectivity index (χ3v) is 2.57. The van der Waals surface area contributed by atoms with Crippen molar-refractivity contribution in [3.63, 3.8) is 0 Å². The lowest BCUT2D eigenvalue weighted by Crippen LogP contribution is -2.09. The number of carbonyl (C=O) groups is 2. The highest BCUT2D eigenvalue weighted by molar-refractivity contribution is 5.89. The van der Waals surface area contributed by atoms with Crippen molar-refractivity contribution in [1.82, 2.24) is 4.57 Å². The quantitative estimate of drug-likeness (QED) is 0.797. The maximum Gasteiger partial charge on any atom is 0.337 e. The number of nitrogens with zero attached hydrogens (tertiary/aromatic N) is 1. The van der Waals surface area contributed by atoms with E-state index >= 15 is 0 Å². The Morgan fingerprint density at radius 2 is 2.00 bits per heavy atom. The molecule has 0 amide bonds. The van der Waals surface area contributed by atoms with Crippen molar-refractivity contribution >= 4 is 11.9 Å². The van der Waals surface area contributed by atoms with E-state index in [1.807, 2.05) is 18.4 Å². The Morgan fingerprint density at radius 1 is 1.35 bits per heavy atom. The van der Waals surface area contributed by atoms with Crippen LogP contribution in [-0.2, 0) is 11.3 Å². The summed E-state index contributed by atoms with van der Waals surface area (Å²) in [5.74, 6) is -1.67. The smallest absolute Gasteiger partial charge is 0.337 e. The fraction of sp³-hybridized carbons (Fsp3) is 0.500. The molecule has 0 spiro atoms. The number of aromatic carboxylic acids is 1. The summed E-state index contributed by atoms with van der Waals surface area (Å²) in [5, 5.41) is 17.6. The standard InChI is InChI=1S/C12H17NO4/c1-8(2)11-9(12(16)17)5-7-13(11)6-3-4-10(14)15/h5,7-8H,3-4,6H2,1-2H3,(H,14,15)(H,16,17). The van der Waals surface area contributed by atoms with Crippen LogP contribution in [0.1, 0.15) is 48.7 Å². The van der Waals surface area contributed by atoms with E-state index in [-0.39, 0.29) is 12.3 Å². The van der Waals surface area contributed by atoms with Gasteiger partial charge < -0.3 is 14.8 Å². The van der Waals surface area contributed by atoms with Crippen LogP contribution >= 0.6 is 0 Å². The third-order valence-electron chi connectivity index (χ3n) is 2.57. The van der Waals surface area contributed by atoms with Crippen molar-refractivity contribution in [3.05, 3.63) is 23.5 Å². The van der Waals surface area contributed by atoms with E-state index in [4.69, 9.17) is 10.2 Å². The lowest BCUT2D eigenvalue weighted by Gasteiger charge is -2.12. The largest absolute Gasteiger partial charge is 0.481 e. The lowest BCUT2D eigenvalue weighted by molar-refractivity contribution is -0.137. The minimum absolute atomic E-state index is 0.0954. The molecule has 0 saturated heterocycles. The normalized spacial score (nSPS) is 10.8. The molecule has 0 aliphatic rings. The zero-order valence-corrected chi connectivity index (χ0v) is 10.0. The van der Waals surface area contributed by atoms with Gasteiger partial charge in [0, 0.05) is 24.9 Å². The second-order valence-electron chi connectivity index (χ2n) is 4.27. The molecule has 1 aromatic heterocycles. The Bertz CT molecular complexity index is 420. The molecule has 0 fully saturated rings. The Morgan fingerprint density at radius 3 is 2.47 bits per heavy atom. The molecule has 0 bridgehead atoms. The summed E-state index contributed by atoms with van der Waals surface area (Å²) >= 11 is 0. The van der Waals surface area contributed by atoms with Gasteiger partial charge in [-0.05, 0) is 18.4 Å². The van der Waals surface area contributed by atoms with Crippen LogP contribution in [0.15, 0.2) is 12.3 Å². The predicted molar refractivity (Wildman–Crippen MR) is 62.4 cm³/mol. The fourth-order valence-corrected chi connectivity index (χ4v) is 1.90. The number of aliphatic carboxylic acids is 1. The van der Waals surface area contributed by atoms with Crippen LogP contribution < -0.4 is 0 Å². The Balaban J connectivity index is 2.85. The zero-order chi connectivity index (χ0) is 13.0. The Kier molecular flexibility index (Phi) is 4.31. The van der Waals surface area contributed by atoms with E-state index in [1.54, 1.807) is 12.3 Å². The van der Waals surface area contributed by atoms with Gasteiger partial charge in [-0.25, -0.2) is 4.79 Å². The average molecular weight is 239 g/mol. The number of carboxylic acid groups (broad SMARTS) is 2. The minimum Gasteiger partial charge on any atom is -0.481 e. The van der Waals surface area contributed by atoms with Gasteiger partial charge in [0.15, 0.2) is 0 Å². The maximum atomic E-state index is 11.0. The maximum absolute atomic E-state index is 11.0. The molecule has 1 rings (SSSR count). The van der Waals surface area contributed by atoms with Crippen molar-refractivity contribution in [2.24, 2.45) is 0 Å². The topological polar surface area (TPSA) is 79.5 Å². The molecular formula is C12H17NO4. The Hall–Kier alpha value is -1.78. The van der Waals surface area contributed by atoms with Crippen LogP contribution in [0, 0.1) is 0 Å². The summed E-state index contributed by atoms with van der Waals surface area (Å²) in [6.45, 7) is 4.39. The summed E-state index contributed by atoms with van der Waals surface area (Å²) in [4.78, 5) is 21.4. The molecule has 2 N–H and O–H groups in total. The first kappa shape index (κ1) is 13.3. The molecule has 0 atom stereocenters. The van der Waals surface area contributed by atoms with E-state index in [1.165, 1.54) is 0 Å². The average Bonchev–Trinajstić information content (AvgIpc) is 2.61. The van der Waals surface area contributed by atoms with Crippen molar-refractivity contribution < 1.29 is 19.8 Å². The zero-order valence-electron chi connectivity index (χ0n) is 10.0. The second-order valence-corrected chi connectivity index (χ2v) is 4.27. The van der Waals surface area contributed by atoms with Gasteiger partial charge >= 0.3 is 11.9 Å². The predicted octanol–water partition coefficient (Wildman–Crippen LogP) is 2.17. The van der Waals surface area contributed by atoms with E-state index < -0.39 is 11.9 Å². The van der Waals surface area contributed by atoms with E-state index in [2.05, 4.69) is 0 Å². The lowest BCUT2D eigenvalue weighted by atomic mass is 10.1. The van der Waals surface area contributed by atoms with Crippen molar-refractivity contribution in [2.45, 2.75) is 39.2 Å². The van der Waals surface area contributed by atoms with E-state index in [9.17, 15) is 9.59 Å². The monoisotopic (exact) mass is 239 g/mol. The number of rotatable bonds is 6. The van der Waals surface area contributed by atoms with Gasteiger partial charge in [0.25, 0.3) is 0 Å². The van der Waals surface area contributed by atoms with Crippen LogP contribution in [0.25, 0.3) is 0 Å². The molecule has 0 aliphatic heterocycles. The van der Waals surface area contributed by atoms with Crippen molar-refractivity contribution in [2.75, 3.05) is 0 Å². The summed E-state index contributed by atoms with van der Waals surface area (Å²) in [7, 11) is 0. The Labute approximate surface area is 99.7 Å². The molecule has 5 heteroatoms. The summed E-state index contributed by atoms with van der Waals surface area (Å²) < 4.78 is 1.83. The van der Waals surface area contributed by atoms with Gasteiger partial charge in [-0.1, -0.05) is 13.8 Å². The highest BCUT2D eigenvalue weighted by atomic mass is 16.4. The van der Waals surface area contributed by atoms with Crippen molar-refractivity contribution in [1.29, 1.82) is 0 Å². The first-order valence-corrected chi connectivity index (χ1v) is 5.57.